The Balaban J connectivity index is 1.56. The minimum Gasteiger partial charge on any atom is -0.369 e. The summed E-state index contributed by atoms with van der Waals surface area (Å²) in [5.74, 6) is 1.10. The second-order valence-electron chi connectivity index (χ2n) is 6.31. The zero-order valence-electron chi connectivity index (χ0n) is 13.7. The fourth-order valence-corrected chi connectivity index (χ4v) is 3.50. The van der Waals surface area contributed by atoms with E-state index in [2.05, 4.69) is 32.8 Å². The molecule has 0 spiro atoms. The van der Waals surface area contributed by atoms with Crippen LogP contribution in [0.5, 0.6) is 0 Å². The number of nitrogens with zero attached hydrogens (tertiary/aromatic N) is 5. The minimum absolute atomic E-state index is 0.132. The van der Waals surface area contributed by atoms with Gasteiger partial charge in [-0.25, -0.2) is 4.98 Å². The Morgan fingerprint density at radius 1 is 1.08 bits per heavy atom. The molecule has 0 saturated heterocycles. The molecule has 0 radical (unpaired) electrons. The third-order valence-corrected chi connectivity index (χ3v) is 4.87. The molecule has 0 unspecified atom stereocenters. The van der Waals surface area contributed by atoms with Gasteiger partial charge < -0.3 is 9.47 Å². The summed E-state index contributed by atoms with van der Waals surface area (Å²) in [5, 5.41) is 4.18. The van der Waals surface area contributed by atoms with Crippen LogP contribution in [0.1, 0.15) is 5.82 Å². The Hall–Kier alpha value is -3.15. The van der Waals surface area contributed by atoms with Crippen LogP contribution < -0.4 is 5.56 Å². The molecule has 6 heteroatoms. The Labute approximate surface area is 144 Å². The third kappa shape index (κ3) is 2.29. The fourth-order valence-electron chi connectivity index (χ4n) is 3.50. The van der Waals surface area contributed by atoms with Gasteiger partial charge in [-0.05, 0) is 36.4 Å². The van der Waals surface area contributed by atoms with Gasteiger partial charge in [0.25, 0.3) is 5.56 Å². The number of hydrogen-bond acceptors (Lipinski definition) is 4. The molecular formula is C19H17N5O. The molecule has 1 aliphatic carbocycles. The highest BCUT2D eigenvalue weighted by Gasteiger charge is 2.19. The van der Waals surface area contributed by atoms with Gasteiger partial charge in [0.2, 0.25) is 0 Å². The summed E-state index contributed by atoms with van der Waals surface area (Å²) in [6, 6.07) is 9.06. The van der Waals surface area contributed by atoms with Crippen LogP contribution in [0, 0.1) is 0 Å². The number of benzene rings is 1. The van der Waals surface area contributed by atoms with E-state index in [0.29, 0.717) is 0 Å². The lowest BCUT2D eigenvalue weighted by Crippen LogP contribution is -2.26. The van der Waals surface area contributed by atoms with Crippen molar-refractivity contribution in [1.82, 2.24) is 24.2 Å². The topological polar surface area (TPSA) is 56.0 Å². The van der Waals surface area contributed by atoms with E-state index in [1.54, 1.807) is 12.3 Å². The molecule has 0 fully saturated rings. The predicted molar refractivity (Wildman–Crippen MR) is 95.6 cm³/mol. The van der Waals surface area contributed by atoms with Crippen LogP contribution in [-0.4, -0.2) is 37.3 Å². The smallest absolute Gasteiger partial charge is 0.271 e. The first kappa shape index (κ1) is 14.2. The molecule has 0 saturated carbocycles. The van der Waals surface area contributed by atoms with Crippen molar-refractivity contribution in [2.75, 3.05) is 13.1 Å². The maximum Gasteiger partial charge on any atom is 0.271 e. The number of rotatable bonds is 2. The van der Waals surface area contributed by atoms with Crippen LogP contribution in [0.25, 0.3) is 16.7 Å². The molecule has 2 aliphatic rings. The first-order valence-corrected chi connectivity index (χ1v) is 8.47. The van der Waals surface area contributed by atoms with Gasteiger partial charge in [0.05, 0.1) is 16.7 Å². The lowest BCUT2D eigenvalue weighted by atomic mass is 10.2. The van der Waals surface area contributed by atoms with Crippen molar-refractivity contribution < 1.29 is 0 Å². The highest BCUT2D eigenvalue weighted by molar-refractivity contribution is 5.78. The van der Waals surface area contributed by atoms with E-state index in [0.717, 1.165) is 48.6 Å². The Bertz CT molecular complexity index is 1090. The highest BCUT2D eigenvalue weighted by Crippen LogP contribution is 2.23. The average molecular weight is 331 g/mol. The number of hydrogen-bond donors (Lipinski definition) is 0. The van der Waals surface area contributed by atoms with Crippen molar-refractivity contribution in [2.45, 2.75) is 13.0 Å². The summed E-state index contributed by atoms with van der Waals surface area (Å²) in [6.45, 7) is 2.83. The average Bonchev–Trinajstić information content (AvgIpc) is 2.80. The quantitative estimate of drug-likeness (QED) is 0.720. The Kier molecular flexibility index (Phi) is 3.09. The van der Waals surface area contributed by atoms with Crippen LogP contribution in [-0.2, 0) is 13.0 Å². The van der Waals surface area contributed by atoms with Crippen LogP contribution >= 0.6 is 0 Å². The summed E-state index contributed by atoms with van der Waals surface area (Å²) < 4.78 is 3.70. The van der Waals surface area contributed by atoms with Gasteiger partial charge in [0.1, 0.15) is 5.82 Å². The zero-order valence-corrected chi connectivity index (χ0v) is 13.7. The standard InChI is InChI=1S/C19H17N5O/c25-19-5-2-9-20-24(19)15-6-7-16-17(13-15)23-12-11-22(14-3-1-4-14)10-8-18(23)21-16/h1-7,9,13H,8,10-12H2. The molecule has 25 heavy (non-hydrogen) atoms. The van der Waals surface area contributed by atoms with Crippen molar-refractivity contribution in [3.63, 3.8) is 0 Å². The predicted octanol–water partition coefficient (Wildman–Crippen LogP) is 1.89. The van der Waals surface area contributed by atoms with E-state index in [1.807, 2.05) is 18.2 Å². The van der Waals surface area contributed by atoms with Crippen molar-refractivity contribution in [1.29, 1.82) is 0 Å². The molecule has 0 amide bonds. The number of aromatic nitrogens is 4. The molecule has 1 aliphatic heterocycles. The maximum atomic E-state index is 12.1. The number of fused-ring (bicyclic) bond motifs is 3. The Morgan fingerprint density at radius 2 is 2.00 bits per heavy atom. The first-order valence-electron chi connectivity index (χ1n) is 8.47. The largest absolute Gasteiger partial charge is 0.369 e. The molecule has 1 aromatic carbocycles. The lowest BCUT2D eigenvalue weighted by molar-refractivity contribution is 0.359. The fraction of sp³-hybridized carbons (Fsp3) is 0.211. The molecular weight excluding hydrogens is 314 g/mol. The van der Waals surface area contributed by atoms with Gasteiger partial charge in [-0.2, -0.15) is 9.78 Å². The van der Waals surface area contributed by atoms with Crippen molar-refractivity contribution >= 4 is 11.0 Å². The van der Waals surface area contributed by atoms with Gasteiger partial charge in [-0.1, -0.05) is 6.08 Å². The van der Waals surface area contributed by atoms with E-state index in [-0.39, 0.29) is 5.56 Å². The first-order chi connectivity index (χ1) is 12.3. The number of allylic oxidation sites excluding steroid dienone is 3. The normalized spacial score (nSPS) is 16.3. The lowest BCUT2D eigenvalue weighted by Gasteiger charge is -2.25. The molecule has 0 N–H and O–H groups in total. The summed E-state index contributed by atoms with van der Waals surface area (Å²) in [6.07, 6.45) is 8.92. The van der Waals surface area contributed by atoms with Gasteiger partial charge in [0.15, 0.2) is 0 Å². The van der Waals surface area contributed by atoms with Gasteiger partial charge >= 0.3 is 0 Å². The minimum atomic E-state index is -0.132. The molecule has 2 aromatic heterocycles. The van der Waals surface area contributed by atoms with E-state index in [1.165, 1.54) is 16.4 Å². The number of imidazole rings is 1. The summed E-state index contributed by atoms with van der Waals surface area (Å²) in [4.78, 5) is 19.2. The van der Waals surface area contributed by atoms with E-state index < -0.39 is 0 Å². The third-order valence-electron chi connectivity index (χ3n) is 4.87. The monoisotopic (exact) mass is 331 g/mol. The van der Waals surface area contributed by atoms with Crippen LogP contribution in [0.15, 0.2) is 65.2 Å². The molecule has 3 heterocycles. The van der Waals surface area contributed by atoms with Crippen molar-refractivity contribution in [3.8, 4) is 5.69 Å². The maximum absolute atomic E-state index is 12.1. The van der Waals surface area contributed by atoms with E-state index in [4.69, 9.17) is 4.98 Å². The van der Waals surface area contributed by atoms with Crippen LogP contribution in [0.3, 0.4) is 0 Å². The van der Waals surface area contributed by atoms with Gasteiger partial charge in [0, 0.05) is 44.0 Å². The zero-order chi connectivity index (χ0) is 16.8. The van der Waals surface area contributed by atoms with Crippen LogP contribution in [0.2, 0.25) is 0 Å². The van der Waals surface area contributed by atoms with Gasteiger partial charge in [-0.15, -0.1) is 0 Å². The Morgan fingerprint density at radius 3 is 2.80 bits per heavy atom. The molecule has 0 atom stereocenters. The molecule has 5 rings (SSSR count). The van der Waals surface area contributed by atoms with Gasteiger partial charge in [-0.3, -0.25) is 4.79 Å². The van der Waals surface area contributed by atoms with Crippen LogP contribution in [0.4, 0.5) is 0 Å². The second-order valence-corrected chi connectivity index (χ2v) is 6.31. The molecule has 3 aromatic rings. The summed E-state index contributed by atoms with van der Waals surface area (Å²) in [7, 11) is 0. The molecule has 124 valence electrons. The molecule has 0 bridgehead atoms. The second kappa shape index (κ2) is 5.44. The van der Waals surface area contributed by atoms with Crippen molar-refractivity contribution in [2.24, 2.45) is 0 Å². The van der Waals surface area contributed by atoms with Crippen molar-refractivity contribution in [3.05, 3.63) is 76.6 Å². The SMILES string of the molecule is O=c1cccnn1-c1ccc2nc3n(c2c1)CCN(C1=CC=C1)CC3. The van der Waals surface area contributed by atoms with E-state index >= 15 is 0 Å². The highest BCUT2D eigenvalue weighted by atomic mass is 16.1. The molecule has 6 nitrogen and oxygen atoms in total. The van der Waals surface area contributed by atoms with E-state index in [9.17, 15) is 4.79 Å². The summed E-state index contributed by atoms with van der Waals surface area (Å²) in [5.41, 5.74) is 3.97. The summed E-state index contributed by atoms with van der Waals surface area (Å²) >= 11 is 0.